The van der Waals surface area contributed by atoms with Crippen molar-refractivity contribution in [3.63, 3.8) is 0 Å². The third kappa shape index (κ3) is 3.45. The van der Waals surface area contributed by atoms with Gasteiger partial charge in [0.1, 0.15) is 10.6 Å². The molecule has 3 aromatic heterocycles. The van der Waals surface area contributed by atoms with Gasteiger partial charge in [0.05, 0.1) is 5.39 Å². The van der Waals surface area contributed by atoms with Gasteiger partial charge < -0.3 is 5.32 Å². The highest BCUT2D eigenvalue weighted by Crippen LogP contribution is 2.39. The molecule has 0 unspecified atom stereocenters. The lowest BCUT2D eigenvalue weighted by molar-refractivity contribution is 0.373. The number of fused-ring (bicyclic) bond motifs is 3. The van der Waals surface area contributed by atoms with Crippen LogP contribution in [-0.4, -0.2) is 21.5 Å². The summed E-state index contributed by atoms with van der Waals surface area (Å²) in [6.07, 6.45) is 15.4. The summed E-state index contributed by atoms with van der Waals surface area (Å²) in [6.45, 7) is 1.03. The predicted octanol–water partition coefficient (Wildman–Crippen LogP) is 5.62. The Morgan fingerprint density at radius 1 is 1.04 bits per heavy atom. The van der Waals surface area contributed by atoms with E-state index in [4.69, 9.17) is 9.97 Å². The minimum atomic E-state index is 0.778. The zero-order valence-corrected chi connectivity index (χ0v) is 16.5. The van der Waals surface area contributed by atoms with Crippen molar-refractivity contribution in [2.45, 2.75) is 57.8 Å². The zero-order chi connectivity index (χ0) is 18.1. The summed E-state index contributed by atoms with van der Waals surface area (Å²) in [5.41, 5.74) is 2.50. The molecule has 0 bridgehead atoms. The molecule has 5 rings (SSSR count). The molecule has 0 saturated heterocycles. The Labute approximate surface area is 164 Å². The Morgan fingerprint density at radius 2 is 1.93 bits per heavy atom. The van der Waals surface area contributed by atoms with Crippen molar-refractivity contribution in [2.75, 3.05) is 11.9 Å². The SMILES string of the molecule is c1cncc(-c2nc(NCC3CCCCC3)c3c4c(sc3n2)CCCC4)c1. The summed E-state index contributed by atoms with van der Waals surface area (Å²) in [4.78, 5) is 16.8. The van der Waals surface area contributed by atoms with Crippen LogP contribution in [-0.2, 0) is 12.8 Å². The molecule has 3 aromatic rings. The van der Waals surface area contributed by atoms with Crippen molar-refractivity contribution >= 4 is 27.4 Å². The van der Waals surface area contributed by atoms with Gasteiger partial charge >= 0.3 is 0 Å². The van der Waals surface area contributed by atoms with Crippen LogP contribution in [0.3, 0.4) is 0 Å². The predicted molar refractivity (Wildman–Crippen MR) is 112 cm³/mol. The topological polar surface area (TPSA) is 50.7 Å². The second-order valence-electron chi connectivity index (χ2n) is 7.91. The minimum absolute atomic E-state index is 0.778. The third-order valence-electron chi connectivity index (χ3n) is 6.02. The highest BCUT2D eigenvalue weighted by atomic mass is 32.1. The lowest BCUT2D eigenvalue weighted by Crippen LogP contribution is -2.18. The van der Waals surface area contributed by atoms with Crippen LogP contribution in [0, 0.1) is 5.92 Å². The number of aryl methyl sites for hydroxylation is 2. The van der Waals surface area contributed by atoms with E-state index in [-0.39, 0.29) is 0 Å². The van der Waals surface area contributed by atoms with Gasteiger partial charge in [-0.1, -0.05) is 19.3 Å². The van der Waals surface area contributed by atoms with Crippen molar-refractivity contribution < 1.29 is 0 Å². The lowest BCUT2D eigenvalue weighted by Gasteiger charge is -2.22. The maximum Gasteiger partial charge on any atom is 0.164 e. The fraction of sp³-hybridized carbons (Fsp3) is 0.500. The van der Waals surface area contributed by atoms with Crippen LogP contribution < -0.4 is 5.32 Å². The third-order valence-corrected chi connectivity index (χ3v) is 7.20. The number of thiophene rings is 1. The quantitative estimate of drug-likeness (QED) is 0.640. The van der Waals surface area contributed by atoms with Crippen LogP contribution in [0.5, 0.6) is 0 Å². The first-order valence-corrected chi connectivity index (χ1v) is 11.2. The van der Waals surface area contributed by atoms with Gasteiger partial charge in [0.2, 0.25) is 0 Å². The molecule has 0 amide bonds. The second kappa shape index (κ2) is 7.55. The van der Waals surface area contributed by atoms with Crippen LogP contribution in [0.1, 0.15) is 55.4 Å². The molecule has 0 atom stereocenters. The van der Waals surface area contributed by atoms with Crippen molar-refractivity contribution in [1.82, 2.24) is 15.0 Å². The number of hydrogen-bond donors (Lipinski definition) is 1. The first kappa shape index (κ1) is 17.1. The fourth-order valence-corrected chi connectivity index (χ4v) is 5.80. The number of pyridine rings is 1. The maximum atomic E-state index is 4.98. The van der Waals surface area contributed by atoms with Gasteiger partial charge in [0.25, 0.3) is 0 Å². The summed E-state index contributed by atoms with van der Waals surface area (Å²) in [5, 5.41) is 5.03. The van der Waals surface area contributed by atoms with E-state index in [1.54, 1.807) is 6.20 Å². The van der Waals surface area contributed by atoms with Crippen LogP contribution in [0.25, 0.3) is 21.6 Å². The van der Waals surface area contributed by atoms with Gasteiger partial charge in [-0.2, -0.15) is 0 Å². The highest BCUT2D eigenvalue weighted by molar-refractivity contribution is 7.19. The number of aromatic nitrogens is 3. The summed E-state index contributed by atoms with van der Waals surface area (Å²) < 4.78 is 0. The van der Waals surface area contributed by atoms with E-state index in [0.717, 1.165) is 34.5 Å². The van der Waals surface area contributed by atoms with Crippen LogP contribution in [0.15, 0.2) is 24.5 Å². The highest BCUT2D eigenvalue weighted by Gasteiger charge is 2.22. The van der Waals surface area contributed by atoms with Crippen molar-refractivity contribution in [2.24, 2.45) is 5.92 Å². The summed E-state index contributed by atoms with van der Waals surface area (Å²) in [7, 11) is 0. The Kier molecular flexibility index (Phi) is 4.78. The molecule has 140 valence electrons. The molecule has 5 heteroatoms. The van der Waals surface area contributed by atoms with Crippen LogP contribution in [0.2, 0.25) is 0 Å². The fourth-order valence-electron chi connectivity index (χ4n) is 4.54. The van der Waals surface area contributed by atoms with Crippen LogP contribution >= 0.6 is 11.3 Å². The van der Waals surface area contributed by atoms with E-state index in [1.807, 2.05) is 29.7 Å². The molecule has 0 radical (unpaired) electrons. The standard InChI is InChI=1S/C22H26N4S/c1-2-7-15(8-3-1)13-24-21-19-17-10-4-5-11-18(17)27-22(19)26-20(25-21)16-9-6-12-23-14-16/h6,9,12,14-15H,1-5,7-8,10-11,13H2,(H,24,25,26). The molecular weight excluding hydrogens is 352 g/mol. The number of hydrogen-bond acceptors (Lipinski definition) is 5. The molecule has 0 spiro atoms. The van der Waals surface area contributed by atoms with Crippen LogP contribution in [0.4, 0.5) is 5.82 Å². The monoisotopic (exact) mass is 378 g/mol. The summed E-state index contributed by atoms with van der Waals surface area (Å²) in [5.74, 6) is 2.62. The van der Waals surface area contributed by atoms with Crippen molar-refractivity contribution in [3.05, 3.63) is 35.0 Å². The minimum Gasteiger partial charge on any atom is -0.369 e. The molecule has 3 heterocycles. The number of rotatable bonds is 4. The number of nitrogens with zero attached hydrogens (tertiary/aromatic N) is 3. The molecule has 2 aliphatic carbocycles. The lowest BCUT2D eigenvalue weighted by atomic mass is 9.89. The largest absolute Gasteiger partial charge is 0.369 e. The van der Waals surface area contributed by atoms with E-state index in [2.05, 4.69) is 10.3 Å². The van der Waals surface area contributed by atoms with E-state index in [1.165, 1.54) is 73.6 Å². The maximum absolute atomic E-state index is 4.98. The normalized spacial score (nSPS) is 17.8. The van der Waals surface area contributed by atoms with Gasteiger partial charge in [0, 0.05) is 29.4 Å². The molecular formula is C22H26N4S. The van der Waals surface area contributed by atoms with Gasteiger partial charge in [-0.25, -0.2) is 9.97 Å². The van der Waals surface area contributed by atoms with E-state index in [0.29, 0.717) is 0 Å². The Morgan fingerprint density at radius 3 is 2.78 bits per heavy atom. The van der Waals surface area contributed by atoms with E-state index < -0.39 is 0 Å². The zero-order valence-electron chi connectivity index (χ0n) is 15.7. The molecule has 0 aromatic carbocycles. The molecule has 27 heavy (non-hydrogen) atoms. The Bertz CT molecular complexity index is 928. The molecule has 2 aliphatic rings. The number of anilines is 1. The molecule has 1 fully saturated rings. The Hall–Kier alpha value is -2.01. The first-order chi connectivity index (χ1) is 13.4. The van der Waals surface area contributed by atoms with Gasteiger partial charge in [-0.3, -0.25) is 4.98 Å². The summed E-state index contributed by atoms with van der Waals surface area (Å²) in [6, 6.07) is 4.00. The molecule has 4 nitrogen and oxygen atoms in total. The van der Waals surface area contributed by atoms with Crippen molar-refractivity contribution in [3.8, 4) is 11.4 Å². The summed E-state index contributed by atoms with van der Waals surface area (Å²) >= 11 is 1.87. The number of nitrogens with one attached hydrogen (secondary N) is 1. The van der Waals surface area contributed by atoms with Gasteiger partial charge in [0.15, 0.2) is 5.82 Å². The molecule has 1 saturated carbocycles. The van der Waals surface area contributed by atoms with Crippen molar-refractivity contribution in [1.29, 1.82) is 0 Å². The van der Waals surface area contributed by atoms with Gasteiger partial charge in [-0.15, -0.1) is 11.3 Å². The van der Waals surface area contributed by atoms with Gasteiger partial charge in [-0.05, 0) is 62.1 Å². The average Bonchev–Trinajstić information content (AvgIpc) is 3.12. The van der Waals surface area contributed by atoms with E-state index in [9.17, 15) is 0 Å². The molecule has 1 N–H and O–H groups in total. The smallest absolute Gasteiger partial charge is 0.164 e. The van der Waals surface area contributed by atoms with E-state index >= 15 is 0 Å². The second-order valence-corrected chi connectivity index (χ2v) is 9.00. The Balaban J connectivity index is 1.55. The average molecular weight is 379 g/mol. The first-order valence-electron chi connectivity index (χ1n) is 10.3. The molecule has 0 aliphatic heterocycles.